The van der Waals surface area contributed by atoms with Crippen LogP contribution in [0.15, 0.2) is 60.7 Å². The van der Waals surface area contributed by atoms with Crippen molar-refractivity contribution in [3.63, 3.8) is 0 Å². The molecule has 1 heterocycles. The van der Waals surface area contributed by atoms with Gasteiger partial charge in [0.2, 0.25) is 5.95 Å². The van der Waals surface area contributed by atoms with E-state index in [1.165, 1.54) is 0 Å². The topological polar surface area (TPSA) is 70.1 Å². The second-order valence-electron chi connectivity index (χ2n) is 5.95. The molecule has 0 fully saturated rings. The number of aromatic hydroxyl groups is 1. The van der Waals surface area contributed by atoms with Gasteiger partial charge in [-0.3, -0.25) is 0 Å². The number of rotatable bonds is 6. The van der Waals surface area contributed by atoms with Crippen LogP contribution >= 0.6 is 0 Å². The first-order valence-corrected chi connectivity index (χ1v) is 8.41. The minimum atomic E-state index is 0.234. The van der Waals surface area contributed by atoms with Gasteiger partial charge in [-0.2, -0.15) is 4.98 Å². The van der Waals surface area contributed by atoms with Gasteiger partial charge < -0.3 is 15.7 Å². The zero-order valence-corrected chi connectivity index (χ0v) is 14.4. The van der Waals surface area contributed by atoms with E-state index in [0.717, 1.165) is 23.4 Å². The average Bonchev–Trinajstić information content (AvgIpc) is 2.64. The molecular weight excluding hydrogens is 312 g/mol. The molecule has 0 saturated carbocycles. The summed E-state index contributed by atoms with van der Waals surface area (Å²) in [6, 6.07) is 19.1. The van der Waals surface area contributed by atoms with Gasteiger partial charge in [-0.1, -0.05) is 37.3 Å². The van der Waals surface area contributed by atoms with E-state index in [1.54, 1.807) is 24.3 Å². The number of nitrogens with one attached hydrogen (secondary N) is 2. The summed E-state index contributed by atoms with van der Waals surface area (Å²) in [6.07, 6.45) is 0.986. The maximum atomic E-state index is 9.42. The second kappa shape index (κ2) is 7.66. The van der Waals surface area contributed by atoms with Crippen molar-refractivity contribution >= 4 is 17.5 Å². The average molecular weight is 334 g/mol. The van der Waals surface area contributed by atoms with Crippen molar-refractivity contribution in [2.24, 2.45) is 0 Å². The van der Waals surface area contributed by atoms with Gasteiger partial charge in [-0.15, -0.1) is 0 Å². The number of benzene rings is 2. The van der Waals surface area contributed by atoms with Crippen molar-refractivity contribution < 1.29 is 5.11 Å². The predicted octanol–water partition coefficient (Wildman–Crippen LogP) is 4.80. The fourth-order valence-electron chi connectivity index (χ4n) is 2.35. The predicted molar refractivity (Wildman–Crippen MR) is 102 cm³/mol. The Balaban J connectivity index is 1.95. The van der Waals surface area contributed by atoms with Crippen molar-refractivity contribution in [3.05, 3.63) is 60.7 Å². The Labute approximate surface area is 147 Å². The molecule has 3 N–H and O–H groups in total. The van der Waals surface area contributed by atoms with Crippen LogP contribution in [0.2, 0.25) is 0 Å². The van der Waals surface area contributed by atoms with Gasteiger partial charge in [0.1, 0.15) is 11.6 Å². The highest BCUT2D eigenvalue weighted by Gasteiger charge is 2.09. The van der Waals surface area contributed by atoms with Crippen LogP contribution in [-0.2, 0) is 0 Å². The van der Waals surface area contributed by atoms with Gasteiger partial charge >= 0.3 is 0 Å². The van der Waals surface area contributed by atoms with Crippen LogP contribution in [0.5, 0.6) is 5.75 Å². The number of phenolic OH excluding ortho intramolecular Hbond substituents is 1. The summed E-state index contributed by atoms with van der Waals surface area (Å²) in [6.45, 7) is 4.22. The summed E-state index contributed by atoms with van der Waals surface area (Å²) in [5, 5.41) is 16.0. The molecule has 3 aromatic rings. The highest BCUT2D eigenvalue weighted by molar-refractivity contribution is 5.67. The number of nitrogens with zero attached hydrogens (tertiary/aromatic N) is 2. The Morgan fingerprint density at radius 1 is 1.00 bits per heavy atom. The Bertz CT molecular complexity index is 819. The maximum Gasteiger partial charge on any atom is 0.225 e. The lowest BCUT2D eigenvalue weighted by Gasteiger charge is -2.14. The third-order valence-electron chi connectivity index (χ3n) is 3.92. The van der Waals surface area contributed by atoms with Gasteiger partial charge in [-0.05, 0) is 37.6 Å². The smallest absolute Gasteiger partial charge is 0.225 e. The molecule has 0 unspecified atom stereocenters. The van der Waals surface area contributed by atoms with E-state index < -0.39 is 0 Å². The fourth-order valence-corrected chi connectivity index (χ4v) is 2.35. The molecule has 0 radical (unpaired) electrons. The van der Waals surface area contributed by atoms with E-state index in [0.29, 0.717) is 11.8 Å². The zero-order chi connectivity index (χ0) is 17.6. The summed E-state index contributed by atoms with van der Waals surface area (Å²) in [7, 11) is 0. The van der Waals surface area contributed by atoms with E-state index in [2.05, 4.69) is 34.4 Å². The van der Waals surface area contributed by atoms with Crippen LogP contribution in [0.4, 0.5) is 17.5 Å². The first-order chi connectivity index (χ1) is 12.1. The highest BCUT2D eigenvalue weighted by atomic mass is 16.3. The zero-order valence-electron chi connectivity index (χ0n) is 14.4. The van der Waals surface area contributed by atoms with Crippen LogP contribution in [-0.4, -0.2) is 21.1 Å². The van der Waals surface area contributed by atoms with Gasteiger partial charge in [0.15, 0.2) is 0 Å². The molecular formula is C20H22N4O. The van der Waals surface area contributed by atoms with Crippen LogP contribution in [0, 0.1) is 0 Å². The van der Waals surface area contributed by atoms with Crippen molar-refractivity contribution in [1.82, 2.24) is 9.97 Å². The SMILES string of the molecule is CC[C@H](C)Nc1nc(Nc2ccc(O)cc2)cc(-c2ccccc2)n1. The van der Waals surface area contributed by atoms with E-state index in [4.69, 9.17) is 0 Å². The molecule has 0 amide bonds. The maximum absolute atomic E-state index is 9.42. The number of hydrogen-bond donors (Lipinski definition) is 3. The molecule has 0 aliphatic heterocycles. The highest BCUT2D eigenvalue weighted by Crippen LogP contribution is 2.24. The van der Waals surface area contributed by atoms with Crippen LogP contribution in [0.1, 0.15) is 20.3 Å². The van der Waals surface area contributed by atoms with Crippen molar-refractivity contribution in [1.29, 1.82) is 0 Å². The third-order valence-corrected chi connectivity index (χ3v) is 3.92. The molecule has 5 heteroatoms. The summed E-state index contributed by atoms with van der Waals surface area (Å²) in [5.74, 6) is 1.53. The van der Waals surface area contributed by atoms with Gasteiger partial charge in [0.05, 0.1) is 5.69 Å². The summed E-state index contributed by atoms with van der Waals surface area (Å²) >= 11 is 0. The van der Waals surface area contributed by atoms with E-state index >= 15 is 0 Å². The first kappa shape index (κ1) is 16.8. The molecule has 1 aromatic heterocycles. The quantitative estimate of drug-likeness (QED) is 0.565. The summed E-state index contributed by atoms with van der Waals surface area (Å²) in [4.78, 5) is 9.21. The molecule has 3 rings (SSSR count). The minimum Gasteiger partial charge on any atom is -0.508 e. The Morgan fingerprint density at radius 3 is 2.40 bits per heavy atom. The molecule has 0 saturated heterocycles. The molecule has 1 atom stereocenters. The lowest BCUT2D eigenvalue weighted by Crippen LogP contribution is -2.16. The molecule has 0 aliphatic carbocycles. The second-order valence-corrected chi connectivity index (χ2v) is 5.95. The Hall–Kier alpha value is -3.08. The number of anilines is 3. The Kier molecular flexibility index (Phi) is 5.14. The van der Waals surface area contributed by atoms with Crippen molar-refractivity contribution in [3.8, 4) is 17.0 Å². The molecule has 5 nitrogen and oxygen atoms in total. The lowest BCUT2D eigenvalue weighted by atomic mass is 10.1. The van der Waals surface area contributed by atoms with E-state index in [9.17, 15) is 5.11 Å². The van der Waals surface area contributed by atoms with Crippen LogP contribution in [0.25, 0.3) is 11.3 Å². The van der Waals surface area contributed by atoms with E-state index in [-0.39, 0.29) is 11.8 Å². The lowest BCUT2D eigenvalue weighted by molar-refractivity contribution is 0.475. The Morgan fingerprint density at radius 2 is 1.72 bits per heavy atom. The molecule has 128 valence electrons. The standard InChI is InChI=1S/C20H22N4O/c1-3-14(2)21-20-23-18(15-7-5-4-6-8-15)13-19(24-20)22-16-9-11-17(25)12-10-16/h4-14,25H,3H2,1-2H3,(H2,21,22,23,24)/t14-/m0/s1. The monoisotopic (exact) mass is 334 g/mol. The van der Waals surface area contributed by atoms with Gasteiger partial charge in [0.25, 0.3) is 0 Å². The normalized spacial score (nSPS) is 11.8. The van der Waals surface area contributed by atoms with Crippen LogP contribution < -0.4 is 10.6 Å². The fraction of sp³-hybridized carbons (Fsp3) is 0.200. The minimum absolute atomic E-state index is 0.234. The van der Waals surface area contributed by atoms with Crippen LogP contribution in [0.3, 0.4) is 0 Å². The molecule has 0 bridgehead atoms. The summed E-state index contributed by atoms with van der Waals surface area (Å²) in [5.41, 5.74) is 2.73. The molecule has 0 aliphatic rings. The molecule has 0 spiro atoms. The number of aromatic nitrogens is 2. The first-order valence-electron chi connectivity index (χ1n) is 8.41. The van der Waals surface area contributed by atoms with E-state index in [1.807, 2.05) is 36.4 Å². The largest absolute Gasteiger partial charge is 0.508 e. The third kappa shape index (κ3) is 4.47. The van der Waals surface area contributed by atoms with Crippen molar-refractivity contribution in [2.75, 3.05) is 10.6 Å². The van der Waals surface area contributed by atoms with Crippen molar-refractivity contribution in [2.45, 2.75) is 26.3 Å². The number of hydrogen-bond acceptors (Lipinski definition) is 5. The summed E-state index contributed by atoms with van der Waals surface area (Å²) < 4.78 is 0. The molecule has 2 aromatic carbocycles. The van der Waals surface area contributed by atoms with Gasteiger partial charge in [-0.25, -0.2) is 4.98 Å². The molecule has 25 heavy (non-hydrogen) atoms. The van der Waals surface area contributed by atoms with Gasteiger partial charge in [0, 0.05) is 23.4 Å². The number of phenols is 1.